The zero-order valence-corrected chi connectivity index (χ0v) is 11.5. The fourth-order valence-corrected chi connectivity index (χ4v) is 4.24. The summed E-state index contributed by atoms with van der Waals surface area (Å²) in [6.45, 7) is 1.44. The molecule has 1 spiro atoms. The Morgan fingerprint density at radius 3 is 2.50 bits per heavy atom. The summed E-state index contributed by atoms with van der Waals surface area (Å²) in [7, 11) is 0. The standard InChI is InChI=1S/C13H21NO3S/c15-12(11-2-1-9-18-11)14-10-3-5-13(6-4-10)16-7-8-17-13/h10-11H,1-9H2,(H,14,15). The van der Waals surface area contributed by atoms with Gasteiger partial charge >= 0.3 is 0 Å². The Balaban J connectivity index is 1.46. The highest BCUT2D eigenvalue weighted by molar-refractivity contribution is 8.00. The summed E-state index contributed by atoms with van der Waals surface area (Å²) in [6.07, 6.45) is 6.00. The van der Waals surface area contributed by atoms with Crippen LogP contribution in [0.1, 0.15) is 38.5 Å². The highest BCUT2D eigenvalue weighted by Gasteiger charge is 2.40. The molecule has 1 N–H and O–H groups in total. The zero-order valence-electron chi connectivity index (χ0n) is 10.7. The third kappa shape index (κ3) is 2.68. The summed E-state index contributed by atoms with van der Waals surface area (Å²) in [5, 5.41) is 3.39. The van der Waals surface area contributed by atoms with Crippen LogP contribution in [0.2, 0.25) is 0 Å². The molecule has 1 amide bonds. The Labute approximate surface area is 112 Å². The van der Waals surface area contributed by atoms with Crippen molar-refractivity contribution in [2.75, 3.05) is 19.0 Å². The normalized spacial score (nSPS) is 31.9. The molecule has 18 heavy (non-hydrogen) atoms. The minimum atomic E-state index is -0.316. The Morgan fingerprint density at radius 2 is 1.89 bits per heavy atom. The van der Waals surface area contributed by atoms with E-state index in [0.717, 1.165) is 51.1 Å². The molecule has 1 aliphatic carbocycles. The Bertz CT molecular complexity index is 301. The van der Waals surface area contributed by atoms with Crippen molar-refractivity contribution in [3.8, 4) is 0 Å². The molecule has 0 bridgehead atoms. The number of carbonyl (C=O) groups excluding carboxylic acids is 1. The first-order valence-corrected chi connectivity index (χ1v) is 8.02. The minimum Gasteiger partial charge on any atom is -0.352 e. The van der Waals surface area contributed by atoms with Gasteiger partial charge in [0.2, 0.25) is 5.91 Å². The number of carbonyl (C=O) groups is 1. The molecule has 0 aromatic carbocycles. The molecule has 2 saturated heterocycles. The van der Waals surface area contributed by atoms with Crippen molar-refractivity contribution in [1.82, 2.24) is 5.32 Å². The van der Waals surface area contributed by atoms with Crippen molar-refractivity contribution in [1.29, 1.82) is 0 Å². The molecule has 0 radical (unpaired) electrons. The van der Waals surface area contributed by atoms with Crippen molar-refractivity contribution in [3.63, 3.8) is 0 Å². The van der Waals surface area contributed by atoms with Gasteiger partial charge in [0.1, 0.15) is 0 Å². The van der Waals surface area contributed by atoms with Crippen molar-refractivity contribution in [2.24, 2.45) is 0 Å². The molecular formula is C13H21NO3S. The van der Waals surface area contributed by atoms with Gasteiger partial charge < -0.3 is 14.8 Å². The number of thioether (sulfide) groups is 1. The van der Waals surface area contributed by atoms with E-state index >= 15 is 0 Å². The number of amides is 1. The van der Waals surface area contributed by atoms with Crippen molar-refractivity contribution in [3.05, 3.63) is 0 Å². The second kappa shape index (κ2) is 5.39. The van der Waals surface area contributed by atoms with Crippen LogP contribution in [0.5, 0.6) is 0 Å². The zero-order chi connectivity index (χ0) is 12.4. The average molecular weight is 271 g/mol. The lowest BCUT2D eigenvalue weighted by molar-refractivity contribution is -0.180. The van der Waals surface area contributed by atoms with E-state index in [0.29, 0.717) is 6.04 Å². The number of rotatable bonds is 2. The van der Waals surface area contributed by atoms with Gasteiger partial charge in [0.15, 0.2) is 5.79 Å². The number of nitrogens with one attached hydrogen (secondary N) is 1. The van der Waals surface area contributed by atoms with Gasteiger partial charge in [0, 0.05) is 18.9 Å². The molecular weight excluding hydrogens is 250 g/mol. The molecule has 5 heteroatoms. The van der Waals surface area contributed by atoms with Crippen LogP contribution < -0.4 is 5.32 Å². The SMILES string of the molecule is O=C(NC1CCC2(CC1)OCCO2)C1CCCS1. The molecule has 2 heterocycles. The van der Waals surface area contributed by atoms with Gasteiger partial charge in [-0.25, -0.2) is 0 Å². The van der Waals surface area contributed by atoms with Crippen molar-refractivity contribution >= 4 is 17.7 Å². The first kappa shape index (κ1) is 12.8. The number of ether oxygens (including phenoxy) is 2. The van der Waals surface area contributed by atoms with E-state index in [1.807, 2.05) is 0 Å². The van der Waals surface area contributed by atoms with Crippen LogP contribution in [0.15, 0.2) is 0 Å². The summed E-state index contributed by atoms with van der Waals surface area (Å²) in [6, 6.07) is 0.317. The van der Waals surface area contributed by atoms with Gasteiger partial charge in [-0.15, -0.1) is 11.8 Å². The summed E-state index contributed by atoms with van der Waals surface area (Å²) < 4.78 is 11.4. The lowest BCUT2D eigenvalue weighted by atomic mass is 9.90. The molecule has 0 aromatic rings. The molecule has 0 aromatic heterocycles. The van der Waals surface area contributed by atoms with Gasteiger partial charge in [-0.05, 0) is 31.4 Å². The molecule has 102 valence electrons. The van der Waals surface area contributed by atoms with Crippen LogP contribution in [-0.2, 0) is 14.3 Å². The molecule has 1 atom stereocenters. The quantitative estimate of drug-likeness (QED) is 0.830. The maximum atomic E-state index is 12.0. The molecule has 1 saturated carbocycles. The second-order valence-corrected chi connectivity index (χ2v) is 6.70. The smallest absolute Gasteiger partial charge is 0.233 e. The van der Waals surface area contributed by atoms with E-state index in [1.54, 1.807) is 11.8 Å². The van der Waals surface area contributed by atoms with Gasteiger partial charge in [-0.3, -0.25) is 4.79 Å². The highest BCUT2D eigenvalue weighted by atomic mass is 32.2. The van der Waals surface area contributed by atoms with Gasteiger partial charge in [-0.1, -0.05) is 0 Å². The van der Waals surface area contributed by atoms with E-state index in [-0.39, 0.29) is 16.9 Å². The van der Waals surface area contributed by atoms with E-state index in [4.69, 9.17) is 9.47 Å². The third-order valence-electron chi connectivity index (χ3n) is 4.13. The summed E-state index contributed by atoms with van der Waals surface area (Å²) in [5.41, 5.74) is 0. The first-order chi connectivity index (χ1) is 8.77. The van der Waals surface area contributed by atoms with Crippen LogP contribution in [0.3, 0.4) is 0 Å². The molecule has 4 nitrogen and oxygen atoms in total. The summed E-state index contributed by atoms with van der Waals surface area (Å²) in [4.78, 5) is 12.0. The van der Waals surface area contributed by atoms with Gasteiger partial charge in [-0.2, -0.15) is 0 Å². The summed E-state index contributed by atoms with van der Waals surface area (Å²) >= 11 is 1.80. The average Bonchev–Trinajstić information content (AvgIpc) is 3.04. The second-order valence-electron chi connectivity index (χ2n) is 5.39. The molecule has 2 aliphatic heterocycles. The predicted molar refractivity (Wildman–Crippen MR) is 70.5 cm³/mol. The van der Waals surface area contributed by atoms with E-state index in [1.165, 1.54) is 6.42 Å². The third-order valence-corrected chi connectivity index (χ3v) is 5.51. The van der Waals surface area contributed by atoms with Crippen LogP contribution in [-0.4, -0.2) is 42.0 Å². The number of hydrogen-bond donors (Lipinski definition) is 1. The first-order valence-electron chi connectivity index (χ1n) is 6.97. The Hall–Kier alpha value is -0.260. The molecule has 3 aliphatic rings. The van der Waals surface area contributed by atoms with Crippen LogP contribution in [0.25, 0.3) is 0 Å². The lowest BCUT2D eigenvalue weighted by Gasteiger charge is -2.35. The largest absolute Gasteiger partial charge is 0.352 e. The van der Waals surface area contributed by atoms with Crippen LogP contribution in [0.4, 0.5) is 0 Å². The lowest BCUT2D eigenvalue weighted by Crippen LogP contribution is -2.46. The fourth-order valence-electron chi connectivity index (χ4n) is 3.07. The Kier molecular flexibility index (Phi) is 3.82. The van der Waals surface area contributed by atoms with Gasteiger partial charge in [0.05, 0.1) is 18.5 Å². The van der Waals surface area contributed by atoms with E-state index < -0.39 is 0 Å². The van der Waals surface area contributed by atoms with Crippen molar-refractivity contribution < 1.29 is 14.3 Å². The van der Waals surface area contributed by atoms with Crippen molar-refractivity contribution in [2.45, 2.75) is 55.6 Å². The molecule has 3 fully saturated rings. The fraction of sp³-hybridized carbons (Fsp3) is 0.923. The predicted octanol–water partition coefficient (Wildman–Crippen LogP) is 1.68. The topological polar surface area (TPSA) is 47.6 Å². The Morgan fingerprint density at radius 1 is 1.17 bits per heavy atom. The maximum Gasteiger partial charge on any atom is 0.233 e. The minimum absolute atomic E-state index is 0.194. The monoisotopic (exact) mass is 271 g/mol. The van der Waals surface area contributed by atoms with Gasteiger partial charge in [0.25, 0.3) is 0 Å². The van der Waals surface area contributed by atoms with E-state index in [2.05, 4.69) is 5.32 Å². The van der Waals surface area contributed by atoms with E-state index in [9.17, 15) is 4.79 Å². The van der Waals surface area contributed by atoms with Crippen LogP contribution in [0, 0.1) is 0 Å². The number of hydrogen-bond acceptors (Lipinski definition) is 4. The summed E-state index contributed by atoms with van der Waals surface area (Å²) in [5.74, 6) is 1.06. The van der Waals surface area contributed by atoms with Crippen LogP contribution >= 0.6 is 11.8 Å². The highest BCUT2D eigenvalue weighted by Crippen LogP contribution is 2.36. The molecule has 1 unspecified atom stereocenters. The maximum absolute atomic E-state index is 12.0. The molecule has 3 rings (SSSR count).